The average molecular weight is 443 g/mol. The van der Waals surface area contributed by atoms with E-state index in [4.69, 9.17) is 18.9 Å². The monoisotopic (exact) mass is 442 g/mol. The van der Waals surface area contributed by atoms with Crippen LogP contribution < -0.4 is 0 Å². The largest absolute Gasteiger partial charge is 0.485 e. The molecular weight excluding hydrogens is 412 g/mol. The predicted octanol–water partition coefficient (Wildman–Crippen LogP) is 5.84. The van der Waals surface area contributed by atoms with Crippen LogP contribution >= 0.6 is 0 Å². The third-order valence-electron chi connectivity index (χ3n) is 5.47. The van der Waals surface area contributed by atoms with Gasteiger partial charge in [-0.15, -0.1) is 0 Å². The summed E-state index contributed by atoms with van der Waals surface area (Å²) in [6, 6.07) is 30.4. The van der Waals surface area contributed by atoms with E-state index < -0.39 is 0 Å². The number of ether oxygens (including phenoxy) is 4. The first-order chi connectivity index (χ1) is 16.3. The molecule has 0 fully saturated rings. The summed E-state index contributed by atoms with van der Waals surface area (Å²) in [5.41, 5.74) is 3.32. The molecule has 0 spiro atoms. The summed E-state index contributed by atoms with van der Waals surface area (Å²) in [6.45, 7) is 5.72. The zero-order chi connectivity index (χ0) is 22.7. The Morgan fingerprint density at radius 3 is 1.76 bits per heavy atom. The second-order valence-electron chi connectivity index (χ2n) is 7.95. The molecule has 0 N–H and O–H groups in total. The summed E-state index contributed by atoms with van der Waals surface area (Å²) in [4.78, 5) is 0. The molecule has 33 heavy (non-hydrogen) atoms. The van der Waals surface area contributed by atoms with Crippen LogP contribution in [0.15, 0.2) is 115 Å². The van der Waals surface area contributed by atoms with Crippen molar-refractivity contribution in [1.82, 2.24) is 0 Å². The fourth-order valence-corrected chi connectivity index (χ4v) is 3.74. The Balaban J connectivity index is 1.47. The molecule has 0 bridgehead atoms. The first-order valence-electron chi connectivity index (χ1n) is 11.3. The van der Waals surface area contributed by atoms with E-state index in [1.165, 1.54) is 0 Å². The van der Waals surface area contributed by atoms with Crippen LogP contribution in [0.4, 0.5) is 0 Å². The summed E-state index contributed by atoms with van der Waals surface area (Å²) < 4.78 is 24.9. The molecule has 1 aliphatic rings. The van der Waals surface area contributed by atoms with Crippen LogP contribution in [-0.4, -0.2) is 24.9 Å². The Labute approximate surface area is 196 Å². The van der Waals surface area contributed by atoms with E-state index in [0.29, 0.717) is 32.2 Å². The summed E-state index contributed by atoms with van der Waals surface area (Å²) in [5, 5.41) is 0. The highest BCUT2D eigenvalue weighted by Crippen LogP contribution is 2.26. The van der Waals surface area contributed by atoms with Gasteiger partial charge in [0.15, 0.2) is 6.10 Å². The predicted molar refractivity (Wildman–Crippen MR) is 129 cm³/mol. The van der Waals surface area contributed by atoms with Crippen molar-refractivity contribution in [2.24, 2.45) is 0 Å². The van der Waals surface area contributed by atoms with E-state index in [9.17, 15) is 0 Å². The van der Waals surface area contributed by atoms with Gasteiger partial charge in [-0.25, -0.2) is 0 Å². The van der Waals surface area contributed by atoms with Crippen LogP contribution in [0, 0.1) is 0 Å². The molecule has 4 nitrogen and oxygen atoms in total. The fourth-order valence-electron chi connectivity index (χ4n) is 3.74. The van der Waals surface area contributed by atoms with Crippen molar-refractivity contribution in [2.75, 3.05) is 6.61 Å². The van der Waals surface area contributed by atoms with E-state index in [1.807, 2.05) is 72.8 Å². The lowest BCUT2D eigenvalue weighted by Crippen LogP contribution is -2.47. The van der Waals surface area contributed by atoms with E-state index in [2.05, 4.69) is 30.8 Å². The standard InChI is InChI=1S/C29H30O4/c1-2-26-18-27(31-20-24-14-8-4-9-15-24)29(32-21-25-16-10-5-11-17-25)28(33-26)22-30-19-23-12-6-3-7-13-23/h2-18,27-29H,1,19-22H2/t27-,28-,29+/m1/s1. The van der Waals surface area contributed by atoms with E-state index >= 15 is 0 Å². The number of rotatable bonds is 11. The topological polar surface area (TPSA) is 36.9 Å². The van der Waals surface area contributed by atoms with Crippen LogP contribution in [0.2, 0.25) is 0 Å². The second kappa shape index (κ2) is 12.2. The molecule has 0 amide bonds. The van der Waals surface area contributed by atoms with Crippen molar-refractivity contribution in [2.45, 2.75) is 38.1 Å². The van der Waals surface area contributed by atoms with Gasteiger partial charge in [-0.2, -0.15) is 0 Å². The molecule has 0 unspecified atom stereocenters. The maximum absolute atomic E-state index is 6.37. The van der Waals surface area contributed by atoms with Crippen LogP contribution in [-0.2, 0) is 38.8 Å². The van der Waals surface area contributed by atoms with Crippen LogP contribution in [0.25, 0.3) is 0 Å². The zero-order valence-corrected chi connectivity index (χ0v) is 18.7. The van der Waals surface area contributed by atoms with Crippen LogP contribution in [0.3, 0.4) is 0 Å². The molecule has 0 radical (unpaired) electrons. The Morgan fingerprint density at radius 1 is 0.697 bits per heavy atom. The smallest absolute Gasteiger partial charge is 0.151 e. The van der Waals surface area contributed by atoms with Gasteiger partial charge in [0.2, 0.25) is 0 Å². The van der Waals surface area contributed by atoms with Gasteiger partial charge in [-0.05, 0) is 28.8 Å². The number of benzene rings is 3. The third-order valence-corrected chi connectivity index (χ3v) is 5.47. The zero-order valence-electron chi connectivity index (χ0n) is 18.7. The number of hydrogen-bond donors (Lipinski definition) is 0. The second-order valence-corrected chi connectivity index (χ2v) is 7.95. The van der Waals surface area contributed by atoms with Gasteiger partial charge in [0.1, 0.15) is 18.0 Å². The number of allylic oxidation sites excluding steroid dienone is 1. The molecule has 170 valence electrons. The lowest BCUT2D eigenvalue weighted by atomic mass is 10.0. The van der Waals surface area contributed by atoms with Crippen molar-refractivity contribution in [1.29, 1.82) is 0 Å². The van der Waals surface area contributed by atoms with Gasteiger partial charge in [-0.3, -0.25) is 0 Å². The molecule has 4 heteroatoms. The minimum absolute atomic E-state index is 0.291. The summed E-state index contributed by atoms with van der Waals surface area (Å²) in [5.74, 6) is 0.681. The van der Waals surface area contributed by atoms with Gasteiger partial charge >= 0.3 is 0 Å². The lowest BCUT2D eigenvalue weighted by Gasteiger charge is -2.36. The average Bonchev–Trinajstić information content (AvgIpc) is 2.88. The van der Waals surface area contributed by atoms with E-state index in [-0.39, 0.29) is 18.3 Å². The highest BCUT2D eigenvalue weighted by Gasteiger charge is 2.36. The SMILES string of the molecule is C=CC1=C[C@@H](OCc2ccccc2)[C@H](OCc2ccccc2)[C@@H](COCc2ccccc2)O1. The molecule has 3 aromatic rings. The first-order valence-corrected chi connectivity index (χ1v) is 11.3. The molecule has 1 heterocycles. The van der Waals surface area contributed by atoms with Crippen molar-refractivity contribution >= 4 is 0 Å². The minimum Gasteiger partial charge on any atom is -0.485 e. The molecule has 1 aliphatic heterocycles. The Bertz CT molecular complexity index is 1000. The molecule has 3 aromatic carbocycles. The van der Waals surface area contributed by atoms with Gasteiger partial charge in [0.05, 0.1) is 26.4 Å². The Morgan fingerprint density at radius 2 is 1.21 bits per heavy atom. The van der Waals surface area contributed by atoms with Gasteiger partial charge in [0.25, 0.3) is 0 Å². The van der Waals surface area contributed by atoms with Gasteiger partial charge in [0, 0.05) is 0 Å². The van der Waals surface area contributed by atoms with Crippen molar-refractivity contribution in [3.63, 3.8) is 0 Å². The molecule has 0 aliphatic carbocycles. The first kappa shape index (κ1) is 23.0. The maximum Gasteiger partial charge on any atom is 0.151 e. The maximum atomic E-state index is 6.37. The molecule has 3 atom stereocenters. The van der Waals surface area contributed by atoms with Crippen molar-refractivity contribution in [3.05, 3.63) is 132 Å². The lowest BCUT2D eigenvalue weighted by molar-refractivity contribution is -0.151. The molecular formula is C29H30O4. The summed E-state index contributed by atoms with van der Waals surface area (Å²) in [6.07, 6.45) is 2.71. The van der Waals surface area contributed by atoms with E-state index in [1.54, 1.807) is 6.08 Å². The molecule has 0 saturated carbocycles. The summed E-state index contributed by atoms with van der Waals surface area (Å²) >= 11 is 0. The summed E-state index contributed by atoms with van der Waals surface area (Å²) in [7, 11) is 0. The Hall–Kier alpha value is -3.18. The highest BCUT2D eigenvalue weighted by molar-refractivity contribution is 5.19. The van der Waals surface area contributed by atoms with Crippen molar-refractivity contribution < 1.29 is 18.9 Å². The molecule has 0 saturated heterocycles. The van der Waals surface area contributed by atoms with Gasteiger partial charge in [-0.1, -0.05) is 97.6 Å². The van der Waals surface area contributed by atoms with Crippen LogP contribution in [0.5, 0.6) is 0 Å². The Kier molecular flexibility index (Phi) is 8.48. The normalized spacial score (nSPS) is 20.0. The van der Waals surface area contributed by atoms with Crippen molar-refractivity contribution in [3.8, 4) is 0 Å². The third kappa shape index (κ3) is 6.90. The molecule has 4 rings (SSSR count). The van der Waals surface area contributed by atoms with E-state index in [0.717, 1.165) is 16.7 Å². The minimum atomic E-state index is -0.326. The molecule has 0 aromatic heterocycles. The highest BCUT2D eigenvalue weighted by atomic mass is 16.6. The van der Waals surface area contributed by atoms with Gasteiger partial charge < -0.3 is 18.9 Å². The van der Waals surface area contributed by atoms with Crippen LogP contribution in [0.1, 0.15) is 16.7 Å². The quantitative estimate of drug-likeness (QED) is 0.374. The number of hydrogen-bond acceptors (Lipinski definition) is 4. The fraction of sp³-hybridized carbons (Fsp3) is 0.241.